The molecule has 1 aliphatic rings. The van der Waals surface area contributed by atoms with Crippen LogP contribution >= 0.6 is 22.3 Å². The van der Waals surface area contributed by atoms with E-state index in [1.54, 1.807) is 13.8 Å². The van der Waals surface area contributed by atoms with Crippen LogP contribution in [0.1, 0.15) is 13.8 Å². The van der Waals surface area contributed by atoms with Crippen molar-refractivity contribution in [3.05, 3.63) is 10.7 Å². The first-order valence-electron chi connectivity index (χ1n) is 2.82. The number of nitrogens with zero attached hydrogens (tertiary/aromatic N) is 2. The van der Waals surface area contributed by atoms with Gasteiger partial charge in [0, 0.05) is 0 Å². The molecule has 0 radical (unpaired) electrons. The van der Waals surface area contributed by atoms with E-state index in [1.165, 1.54) is 0 Å². The lowest BCUT2D eigenvalue weighted by Crippen LogP contribution is -2.08. The summed E-state index contributed by atoms with van der Waals surface area (Å²) in [6, 6.07) is 0. The van der Waals surface area contributed by atoms with E-state index >= 15 is 0 Å². The molecule has 1 rings (SSSR count). The third kappa shape index (κ3) is 2.02. The maximum Gasteiger partial charge on any atom is 0.184 e. The van der Waals surface area contributed by atoms with Crippen LogP contribution < -0.4 is 0 Å². The molecule has 0 saturated carbocycles. The van der Waals surface area contributed by atoms with Crippen molar-refractivity contribution >= 4 is 37.5 Å². The number of rotatable bonds is 0. The van der Waals surface area contributed by atoms with Crippen molar-refractivity contribution < 1.29 is 4.55 Å². The highest BCUT2D eigenvalue weighted by atomic mass is 35.7. The molecule has 0 saturated heterocycles. The summed E-state index contributed by atoms with van der Waals surface area (Å²) in [5.41, 5.74) is 0.943. The molecule has 0 bridgehead atoms. The van der Waals surface area contributed by atoms with Crippen molar-refractivity contribution in [3.63, 3.8) is 0 Å². The Morgan fingerprint density at radius 1 is 1.45 bits per heavy atom. The topological polar surface area (TPSA) is 47.8 Å². The van der Waals surface area contributed by atoms with Gasteiger partial charge in [-0.15, -0.1) is 0 Å². The lowest BCUT2D eigenvalue weighted by atomic mass is 10.3. The van der Waals surface area contributed by atoms with Gasteiger partial charge in [-0.1, -0.05) is 20.4 Å². The predicted octanol–water partition coefficient (Wildman–Crippen LogP) is 2.47. The average molecular weight is 213 g/mol. The molecule has 0 N–H and O–H groups in total. The zero-order valence-electron chi connectivity index (χ0n) is 5.97. The molecule has 0 aromatic rings. The lowest BCUT2D eigenvalue weighted by molar-refractivity contribution is 0.599. The average Bonchev–Trinajstić information content (AvgIpc) is 1.81. The largest absolute Gasteiger partial charge is 0.591 e. The summed E-state index contributed by atoms with van der Waals surface area (Å²) in [5, 5.41) is 0.421. The highest BCUT2D eigenvalue weighted by Gasteiger charge is 2.19. The monoisotopic (exact) mass is 212 g/mol. The first-order chi connectivity index (χ1) is 4.92. The first kappa shape index (κ1) is 9.19. The summed E-state index contributed by atoms with van der Waals surface area (Å²) in [7, 11) is 2.49. The van der Waals surface area contributed by atoms with E-state index in [4.69, 9.17) is 22.3 Å². The minimum absolute atomic E-state index is 0.421. The zero-order valence-corrected chi connectivity index (χ0v) is 8.30. The molecule has 0 aromatic carbocycles. The number of hydrogen-bond acceptors (Lipinski definition) is 3. The molecular formula is C5H6Cl2N2OS. The Hall–Kier alpha value is 0.1000. The Morgan fingerprint density at radius 3 is 2.45 bits per heavy atom. The van der Waals surface area contributed by atoms with Crippen LogP contribution in [0.25, 0.3) is 0 Å². The van der Waals surface area contributed by atoms with Crippen LogP contribution in [0.4, 0.5) is 0 Å². The van der Waals surface area contributed by atoms with E-state index in [0.29, 0.717) is 16.4 Å². The Kier molecular flexibility index (Phi) is 2.39. The summed E-state index contributed by atoms with van der Waals surface area (Å²) < 4.78 is 18.3. The van der Waals surface area contributed by atoms with Crippen LogP contribution in [0.2, 0.25) is 0 Å². The lowest BCUT2D eigenvalue weighted by Gasteiger charge is -2.11. The van der Waals surface area contributed by atoms with E-state index < -0.39 is 9.50 Å². The van der Waals surface area contributed by atoms with Crippen molar-refractivity contribution in [2.24, 2.45) is 8.76 Å². The summed E-state index contributed by atoms with van der Waals surface area (Å²) >= 11 is 5.72. The molecule has 1 unspecified atom stereocenters. The zero-order chi connectivity index (χ0) is 8.65. The fraction of sp³-hybridized carbons (Fsp3) is 0.400. The third-order valence-corrected chi connectivity index (χ3v) is 3.09. The van der Waals surface area contributed by atoms with Gasteiger partial charge in [0.25, 0.3) is 0 Å². The summed E-state index contributed by atoms with van der Waals surface area (Å²) in [5.74, 6) is 0. The van der Waals surface area contributed by atoms with Crippen LogP contribution in [0.5, 0.6) is 0 Å². The van der Waals surface area contributed by atoms with Crippen molar-refractivity contribution in [2.75, 3.05) is 0 Å². The molecule has 0 amide bonds. The molecule has 62 valence electrons. The van der Waals surface area contributed by atoms with Gasteiger partial charge in [-0.3, -0.25) is 0 Å². The summed E-state index contributed by atoms with van der Waals surface area (Å²) in [6.45, 7) is 3.28. The van der Waals surface area contributed by atoms with Crippen molar-refractivity contribution in [2.45, 2.75) is 13.8 Å². The smallest absolute Gasteiger partial charge is 0.184 e. The van der Waals surface area contributed by atoms with E-state index in [1.807, 2.05) is 0 Å². The molecule has 0 spiro atoms. The number of hydrogen-bond donors (Lipinski definition) is 0. The van der Waals surface area contributed by atoms with Crippen molar-refractivity contribution in [3.8, 4) is 0 Å². The fourth-order valence-electron chi connectivity index (χ4n) is 0.700. The van der Waals surface area contributed by atoms with Crippen LogP contribution in [-0.4, -0.2) is 10.3 Å². The second-order valence-electron chi connectivity index (χ2n) is 2.10. The van der Waals surface area contributed by atoms with Crippen molar-refractivity contribution in [1.82, 2.24) is 0 Å². The number of allylic oxidation sites excluding steroid dienone is 2. The molecule has 11 heavy (non-hydrogen) atoms. The standard InChI is InChI=1S/C5H6Cl2N2OS/c1-3-5(6)4(2)9-11(7,10)8-3/h1-2H3. The molecular weight excluding hydrogens is 207 g/mol. The van der Waals surface area contributed by atoms with Gasteiger partial charge in [0.15, 0.2) is 20.2 Å². The summed E-state index contributed by atoms with van der Waals surface area (Å²) in [4.78, 5) is 0. The Morgan fingerprint density at radius 2 is 2.00 bits per heavy atom. The highest BCUT2D eigenvalue weighted by molar-refractivity contribution is 8.20. The second-order valence-corrected chi connectivity index (χ2v) is 4.91. The molecule has 1 heterocycles. The normalized spacial score (nSPS) is 31.5. The van der Waals surface area contributed by atoms with Crippen LogP contribution in [0.3, 0.4) is 0 Å². The fourth-order valence-corrected chi connectivity index (χ4v) is 2.40. The van der Waals surface area contributed by atoms with E-state index in [0.717, 1.165) is 0 Å². The van der Waals surface area contributed by atoms with Crippen LogP contribution in [-0.2, 0) is 9.50 Å². The van der Waals surface area contributed by atoms with Crippen LogP contribution in [0.15, 0.2) is 19.5 Å². The molecule has 6 heteroatoms. The molecule has 0 fully saturated rings. The van der Waals surface area contributed by atoms with Gasteiger partial charge in [0.05, 0.1) is 5.03 Å². The molecule has 3 nitrogen and oxygen atoms in total. The molecule has 1 atom stereocenters. The summed E-state index contributed by atoms with van der Waals surface area (Å²) in [6.07, 6.45) is 0. The van der Waals surface area contributed by atoms with Crippen LogP contribution in [0, 0.1) is 0 Å². The van der Waals surface area contributed by atoms with E-state index in [2.05, 4.69) is 8.76 Å². The van der Waals surface area contributed by atoms with E-state index in [9.17, 15) is 4.55 Å². The van der Waals surface area contributed by atoms with E-state index in [-0.39, 0.29) is 0 Å². The van der Waals surface area contributed by atoms with Gasteiger partial charge in [0.1, 0.15) is 11.4 Å². The van der Waals surface area contributed by atoms with Gasteiger partial charge < -0.3 is 4.55 Å². The number of halogens is 2. The van der Waals surface area contributed by atoms with Gasteiger partial charge in [-0.2, -0.15) is 0 Å². The van der Waals surface area contributed by atoms with Gasteiger partial charge in [-0.05, 0) is 13.8 Å². The predicted molar refractivity (Wildman–Crippen MR) is 48.1 cm³/mol. The van der Waals surface area contributed by atoms with Gasteiger partial charge >= 0.3 is 0 Å². The maximum absolute atomic E-state index is 11.1. The highest BCUT2D eigenvalue weighted by Crippen LogP contribution is 2.26. The Balaban J connectivity index is 3.28. The second kappa shape index (κ2) is 2.86. The Bertz CT molecular complexity index is 302. The molecule has 0 aliphatic carbocycles. The van der Waals surface area contributed by atoms with Crippen molar-refractivity contribution in [1.29, 1.82) is 0 Å². The van der Waals surface area contributed by atoms with Gasteiger partial charge in [0.2, 0.25) is 0 Å². The quantitative estimate of drug-likeness (QED) is 0.570. The minimum atomic E-state index is -2.92. The third-order valence-electron chi connectivity index (χ3n) is 1.13. The maximum atomic E-state index is 11.1. The minimum Gasteiger partial charge on any atom is -0.591 e. The Labute approximate surface area is 75.6 Å². The van der Waals surface area contributed by atoms with Gasteiger partial charge in [-0.25, -0.2) is 0 Å². The molecule has 1 aliphatic heterocycles. The first-order valence-corrected chi connectivity index (χ1v) is 5.50. The SMILES string of the molecule is CC1=N[S+]([O-])(Cl)=NC(C)=C1Cl. The molecule has 0 aromatic heterocycles.